The summed E-state index contributed by atoms with van der Waals surface area (Å²) in [4.78, 5) is 23.9. The van der Waals surface area contributed by atoms with Crippen molar-refractivity contribution >= 4 is 11.9 Å². The number of rotatable bonds is 2. The zero-order chi connectivity index (χ0) is 9.84. The van der Waals surface area contributed by atoms with E-state index >= 15 is 0 Å². The molecule has 0 N–H and O–H groups in total. The minimum absolute atomic E-state index is 0.0316. The second-order valence-corrected chi connectivity index (χ2v) is 3.22. The summed E-state index contributed by atoms with van der Waals surface area (Å²) in [6.07, 6.45) is 1.01. The van der Waals surface area contributed by atoms with E-state index in [-0.39, 0.29) is 17.8 Å². The molecule has 1 fully saturated rings. The topological polar surface area (TPSA) is 46.6 Å². The molecule has 1 amide bonds. The van der Waals surface area contributed by atoms with Crippen molar-refractivity contribution in [3.8, 4) is 0 Å². The van der Waals surface area contributed by atoms with Gasteiger partial charge in [0.1, 0.15) is 5.78 Å². The lowest BCUT2D eigenvalue weighted by atomic mass is 10.0. The van der Waals surface area contributed by atoms with Crippen LogP contribution in [0.3, 0.4) is 0 Å². The van der Waals surface area contributed by atoms with Crippen LogP contribution in [0.4, 0.5) is 4.79 Å². The molecule has 1 saturated heterocycles. The minimum Gasteiger partial charge on any atom is -0.453 e. The molecule has 74 valence electrons. The Bertz CT molecular complexity index is 193. The molecule has 0 aromatic carbocycles. The zero-order valence-electron chi connectivity index (χ0n) is 8.08. The number of Topliss-reactive ketones (excluding diaryl/α,β-unsaturated/α-hetero) is 1. The molecular weight excluding hydrogens is 170 g/mol. The number of ketones is 1. The fourth-order valence-corrected chi connectivity index (χ4v) is 1.61. The van der Waals surface area contributed by atoms with Gasteiger partial charge >= 0.3 is 6.09 Å². The van der Waals surface area contributed by atoms with Crippen LogP contribution in [0.2, 0.25) is 0 Å². The molecule has 4 nitrogen and oxygen atoms in total. The predicted octanol–water partition coefficient (Wildman–Crippen LogP) is 1.05. The van der Waals surface area contributed by atoms with Crippen molar-refractivity contribution in [2.45, 2.75) is 19.8 Å². The third-order valence-corrected chi connectivity index (χ3v) is 2.42. The Morgan fingerprint density at radius 1 is 1.54 bits per heavy atom. The third-order valence-electron chi connectivity index (χ3n) is 2.42. The molecule has 1 rings (SSSR count). The van der Waals surface area contributed by atoms with Crippen LogP contribution in [0, 0.1) is 5.92 Å². The summed E-state index contributed by atoms with van der Waals surface area (Å²) in [5.74, 6) is 0.274. The average molecular weight is 185 g/mol. The van der Waals surface area contributed by atoms with Crippen LogP contribution in [-0.4, -0.2) is 37.0 Å². The maximum atomic E-state index is 11.3. The molecule has 1 aliphatic rings. The predicted molar refractivity (Wildman–Crippen MR) is 47.4 cm³/mol. The van der Waals surface area contributed by atoms with Crippen LogP contribution < -0.4 is 0 Å². The third kappa shape index (κ3) is 2.20. The first-order valence-electron chi connectivity index (χ1n) is 4.54. The minimum atomic E-state index is -0.327. The van der Waals surface area contributed by atoms with Gasteiger partial charge in [-0.05, 0) is 6.42 Å². The van der Waals surface area contributed by atoms with Gasteiger partial charge in [0, 0.05) is 25.4 Å². The van der Waals surface area contributed by atoms with Gasteiger partial charge < -0.3 is 9.64 Å². The van der Waals surface area contributed by atoms with Crippen LogP contribution in [-0.2, 0) is 9.53 Å². The van der Waals surface area contributed by atoms with E-state index in [1.807, 2.05) is 6.92 Å². The normalized spacial score (nSPS) is 21.7. The summed E-state index contributed by atoms with van der Waals surface area (Å²) in [5.41, 5.74) is 0. The summed E-state index contributed by atoms with van der Waals surface area (Å²) in [6.45, 7) is 3.02. The first-order valence-corrected chi connectivity index (χ1v) is 4.54. The fourth-order valence-electron chi connectivity index (χ4n) is 1.61. The maximum Gasteiger partial charge on any atom is 0.409 e. The number of amides is 1. The van der Waals surface area contributed by atoms with E-state index in [1.165, 1.54) is 7.11 Å². The average Bonchev–Trinajstić information content (AvgIpc) is 2.64. The molecule has 1 unspecified atom stereocenters. The maximum absolute atomic E-state index is 11.3. The summed E-state index contributed by atoms with van der Waals surface area (Å²) < 4.78 is 4.57. The van der Waals surface area contributed by atoms with E-state index in [1.54, 1.807) is 4.90 Å². The number of carbonyl (C=O) groups excluding carboxylic acids is 2. The van der Waals surface area contributed by atoms with Crippen molar-refractivity contribution in [1.29, 1.82) is 0 Å². The Hall–Kier alpha value is -1.06. The lowest BCUT2D eigenvalue weighted by Crippen LogP contribution is -2.29. The number of hydrogen-bond acceptors (Lipinski definition) is 3. The number of carbonyl (C=O) groups is 2. The Balaban J connectivity index is 2.44. The molecule has 0 radical (unpaired) electrons. The van der Waals surface area contributed by atoms with Gasteiger partial charge in [0.2, 0.25) is 0 Å². The summed E-state index contributed by atoms with van der Waals surface area (Å²) in [7, 11) is 1.36. The molecule has 0 bridgehead atoms. The molecule has 1 aliphatic heterocycles. The van der Waals surface area contributed by atoms with Crippen molar-refractivity contribution < 1.29 is 14.3 Å². The number of nitrogens with zero attached hydrogens (tertiary/aromatic N) is 1. The Kier molecular flexibility index (Phi) is 3.28. The van der Waals surface area contributed by atoms with E-state index in [4.69, 9.17) is 0 Å². The van der Waals surface area contributed by atoms with Crippen molar-refractivity contribution in [3.05, 3.63) is 0 Å². The summed E-state index contributed by atoms with van der Waals surface area (Å²) >= 11 is 0. The molecular formula is C9H15NO3. The fraction of sp³-hybridized carbons (Fsp3) is 0.778. The van der Waals surface area contributed by atoms with Crippen LogP contribution in [0.1, 0.15) is 19.8 Å². The van der Waals surface area contributed by atoms with Gasteiger partial charge in [-0.25, -0.2) is 4.79 Å². The molecule has 0 aliphatic carbocycles. The number of ether oxygens (including phenoxy) is 1. The van der Waals surface area contributed by atoms with E-state index in [2.05, 4.69) is 4.74 Å². The molecule has 13 heavy (non-hydrogen) atoms. The van der Waals surface area contributed by atoms with Crippen LogP contribution in [0.5, 0.6) is 0 Å². The zero-order valence-corrected chi connectivity index (χ0v) is 8.08. The highest BCUT2D eigenvalue weighted by atomic mass is 16.5. The van der Waals surface area contributed by atoms with Crippen LogP contribution >= 0.6 is 0 Å². The molecule has 0 aromatic heterocycles. The van der Waals surface area contributed by atoms with Gasteiger partial charge in [0.05, 0.1) is 7.11 Å². The van der Waals surface area contributed by atoms with Gasteiger partial charge in [-0.2, -0.15) is 0 Å². The lowest BCUT2D eigenvalue weighted by Gasteiger charge is -2.13. The van der Waals surface area contributed by atoms with Crippen molar-refractivity contribution in [3.63, 3.8) is 0 Å². The largest absolute Gasteiger partial charge is 0.453 e. The first-order chi connectivity index (χ1) is 6.19. The molecule has 4 heteroatoms. The van der Waals surface area contributed by atoms with Gasteiger partial charge in [-0.3, -0.25) is 4.79 Å². The smallest absolute Gasteiger partial charge is 0.409 e. The van der Waals surface area contributed by atoms with E-state index < -0.39 is 0 Å². The lowest BCUT2D eigenvalue weighted by molar-refractivity contribution is -0.122. The quantitative estimate of drug-likeness (QED) is 0.646. The van der Waals surface area contributed by atoms with Crippen LogP contribution in [0.15, 0.2) is 0 Å². The second kappa shape index (κ2) is 4.25. The van der Waals surface area contributed by atoms with Crippen molar-refractivity contribution in [2.75, 3.05) is 20.2 Å². The standard InChI is InChI=1S/C9H15NO3/c1-3-8(11)7-4-5-10(6-7)9(12)13-2/h7H,3-6H2,1-2H3. The molecule has 0 aromatic rings. The van der Waals surface area contributed by atoms with Gasteiger partial charge in [-0.1, -0.05) is 6.92 Å². The van der Waals surface area contributed by atoms with Gasteiger partial charge in [-0.15, -0.1) is 0 Å². The first kappa shape index (κ1) is 10.0. The molecule has 0 spiro atoms. The Morgan fingerprint density at radius 3 is 2.77 bits per heavy atom. The molecule has 1 atom stereocenters. The number of hydrogen-bond donors (Lipinski definition) is 0. The Labute approximate surface area is 77.8 Å². The van der Waals surface area contributed by atoms with Crippen molar-refractivity contribution in [2.24, 2.45) is 5.92 Å². The monoisotopic (exact) mass is 185 g/mol. The van der Waals surface area contributed by atoms with E-state index in [9.17, 15) is 9.59 Å². The van der Waals surface area contributed by atoms with Crippen molar-refractivity contribution in [1.82, 2.24) is 4.90 Å². The summed E-state index contributed by atoms with van der Waals surface area (Å²) in [5, 5.41) is 0. The highest BCUT2D eigenvalue weighted by Crippen LogP contribution is 2.18. The number of likely N-dealkylation sites (tertiary alicyclic amines) is 1. The second-order valence-electron chi connectivity index (χ2n) is 3.22. The van der Waals surface area contributed by atoms with Gasteiger partial charge in [0.15, 0.2) is 0 Å². The highest BCUT2D eigenvalue weighted by molar-refractivity contribution is 5.82. The van der Waals surface area contributed by atoms with Gasteiger partial charge in [0.25, 0.3) is 0 Å². The SMILES string of the molecule is CCC(=O)C1CCN(C(=O)OC)C1. The number of methoxy groups -OCH3 is 1. The summed E-state index contributed by atoms with van der Waals surface area (Å²) in [6, 6.07) is 0. The highest BCUT2D eigenvalue weighted by Gasteiger charge is 2.30. The van der Waals surface area contributed by atoms with E-state index in [0.29, 0.717) is 19.5 Å². The molecule has 0 saturated carbocycles. The Morgan fingerprint density at radius 2 is 2.23 bits per heavy atom. The van der Waals surface area contributed by atoms with Crippen LogP contribution in [0.25, 0.3) is 0 Å². The van der Waals surface area contributed by atoms with E-state index in [0.717, 1.165) is 6.42 Å². The molecule has 1 heterocycles.